The van der Waals surface area contributed by atoms with Gasteiger partial charge in [-0.1, -0.05) is 91.0 Å². The molecule has 0 spiro atoms. The smallest absolute Gasteiger partial charge is 0.356 e. The molecule has 5 rings (SSSR count). The molecule has 3 aromatic carbocycles. The summed E-state index contributed by atoms with van der Waals surface area (Å²) < 4.78 is 15.9. The molecule has 3 aromatic rings. The Balaban J connectivity index is 1.41. The number of ether oxygens (including phenoxy) is 3. The maximum Gasteiger partial charge on any atom is 0.356 e. The summed E-state index contributed by atoms with van der Waals surface area (Å²) in [6.07, 6.45) is -2.10. The third kappa shape index (κ3) is 5.64. The maximum absolute atomic E-state index is 13.8. The highest BCUT2D eigenvalue weighted by atomic mass is 32.2. The molecule has 1 N–H and O–H groups in total. The predicted octanol–water partition coefficient (Wildman–Crippen LogP) is 3.06. The number of hydrogen-bond donors (Lipinski definition) is 1. The van der Waals surface area contributed by atoms with Crippen LogP contribution in [0.4, 0.5) is 0 Å². The van der Waals surface area contributed by atoms with Gasteiger partial charge in [0.1, 0.15) is 17.1 Å². The van der Waals surface area contributed by atoms with Gasteiger partial charge in [-0.3, -0.25) is 19.3 Å². The number of benzene rings is 3. The number of thioether (sulfide) groups is 1. The fraction of sp³-hybridized carbons (Fsp3) is 0.194. The van der Waals surface area contributed by atoms with Gasteiger partial charge in [0.05, 0.1) is 12.7 Å². The number of nitrogens with zero attached hydrogens (tertiary/aromatic N) is 1. The minimum Gasteiger partial charge on any atom is -0.466 e. The van der Waals surface area contributed by atoms with Gasteiger partial charge < -0.3 is 19.5 Å². The molecule has 1 saturated heterocycles. The summed E-state index contributed by atoms with van der Waals surface area (Å²) in [5.41, 5.74) is 1.56. The van der Waals surface area contributed by atoms with Crippen LogP contribution in [0.2, 0.25) is 0 Å². The van der Waals surface area contributed by atoms with Gasteiger partial charge in [-0.05, 0) is 11.1 Å². The Bertz CT molecular complexity index is 1470. The van der Waals surface area contributed by atoms with Crippen LogP contribution in [0.5, 0.6) is 0 Å². The van der Waals surface area contributed by atoms with Crippen LogP contribution in [0.25, 0.3) is 0 Å². The van der Waals surface area contributed by atoms with E-state index >= 15 is 0 Å². The first-order valence-corrected chi connectivity index (χ1v) is 14.0. The summed E-state index contributed by atoms with van der Waals surface area (Å²) >= 11 is 1.19. The number of esters is 2. The molecule has 2 amide bonds. The topological polar surface area (TPSA) is 128 Å². The summed E-state index contributed by atoms with van der Waals surface area (Å²) in [5.74, 6) is -2.95. The van der Waals surface area contributed by atoms with E-state index in [-0.39, 0.29) is 23.5 Å². The zero-order chi connectivity index (χ0) is 29.6. The van der Waals surface area contributed by atoms with Crippen LogP contribution in [0.3, 0.4) is 0 Å². The lowest BCUT2D eigenvalue weighted by Crippen LogP contribution is -2.71. The second kappa shape index (κ2) is 12.7. The molecule has 0 bridgehead atoms. The van der Waals surface area contributed by atoms with Crippen molar-refractivity contribution < 1.29 is 38.2 Å². The highest BCUT2D eigenvalue weighted by Gasteiger charge is 2.56. The van der Waals surface area contributed by atoms with Gasteiger partial charge in [0.2, 0.25) is 6.10 Å². The summed E-state index contributed by atoms with van der Waals surface area (Å²) in [6.45, 7) is 0.164. The molecule has 0 saturated carbocycles. The molecular weight excluding hydrogens is 560 g/mol. The molecule has 1 fully saturated rings. The average Bonchev–Trinajstić information content (AvgIpc) is 3.04. The fourth-order valence-electron chi connectivity index (χ4n) is 4.84. The van der Waals surface area contributed by atoms with Gasteiger partial charge in [0, 0.05) is 11.3 Å². The molecule has 42 heavy (non-hydrogen) atoms. The monoisotopic (exact) mass is 586 g/mol. The van der Waals surface area contributed by atoms with Crippen LogP contribution in [0.15, 0.2) is 102 Å². The van der Waals surface area contributed by atoms with Crippen LogP contribution in [0, 0.1) is 0 Å². The van der Waals surface area contributed by atoms with Crippen molar-refractivity contribution >= 4 is 42.0 Å². The van der Waals surface area contributed by atoms with Gasteiger partial charge in [-0.25, -0.2) is 9.59 Å². The van der Waals surface area contributed by atoms with Gasteiger partial charge in [0.15, 0.2) is 6.10 Å². The Morgan fingerprint density at radius 1 is 0.881 bits per heavy atom. The third-order valence-electron chi connectivity index (χ3n) is 6.85. The van der Waals surface area contributed by atoms with E-state index in [9.17, 15) is 24.0 Å². The molecule has 214 valence electrons. The van der Waals surface area contributed by atoms with E-state index in [0.717, 1.165) is 4.90 Å². The van der Waals surface area contributed by atoms with Crippen LogP contribution in [-0.2, 0) is 38.2 Å². The Kier molecular flexibility index (Phi) is 8.68. The molecule has 0 aromatic heterocycles. The predicted molar refractivity (Wildman–Crippen MR) is 151 cm³/mol. The van der Waals surface area contributed by atoms with Crippen molar-refractivity contribution in [3.63, 3.8) is 0 Å². The van der Waals surface area contributed by atoms with Crippen molar-refractivity contribution in [1.82, 2.24) is 10.2 Å². The van der Waals surface area contributed by atoms with Gasteiger partial charge in [-0.15, -0.1) is 11.8 Å². The highest BCUT2D eigenvalue weighted by molar-refractivity contribution is 8.00. The lowest BCUT2D eigenvalue weighted by molar-refractivity contribution is -0.157. The van der Waals surface area contributed by atoms with E-state index in [4.69, 9.17) is 14.2 Å². The lowest BCUT2D eigenvalue weighted by atomic mass is 10.00. The first kappa shape index (κ1) is 28.6. The molecule has 2 heterocycles. The minimum atomic E-state index is -1.28. The minimum absolute atomic E-state index is 0.0202. The molecule has 10 nitrogen and oxygen atoms in total. The second-order valence-electron chi connectivity index (χ2n) is 9.34. The van der Waals surface area contributed by atoms with Crippen LogP contribution < -0.4 is 5.32 Å². The summed E-state index contributed by atoms with van der Waals surface area (Å²) in [7, 11) is 1.18. The number of rotatable bonds is 10. The highest BCUT2D eigenvalue weighted by Crippen LogP contribution is 2.42. The number of amides is 2. The second-order valence-corrected chi connectivity index (χ2v) is 10.4. The molecular formula is C31H26N2O8S. The standard InChI is InChI=1S/C31H26N2O8S/c1-39-30(37)22-17-42-29-23(32-27(35)26(40-18-34)21-15-9-4-10-16-21)28(36)33(29)24(22)31(38)41-25(19-11-5-2-6-12-19)20-13-7-3-8-14-20/h2-16,18,23,25-26,29H,17H2,1H3,(H,32,35)/t23?,26?,29-/m0/s1. The first-order valence-electron chi connectivity index (χ1n) is 13.0. The Morgan fingerprint density at radius 2 is 1.43 bits per heavy atom. The molecule has 2 aliphatic rings. The van der Waals surface area contributed by atoms with Crippen molar-refractivity contribution in [3.8, 4) is 0 Å². The number of methoxy groups -OCH3 is 1. The van der Waals surface area contributed by atoms with Crippen molar-refractivity contribution in [2.75, 3.05) is 12.9 Å². The molecule has 11 heteroatoms. The summed E-state index contributed by atoms with van der Waals surface area (Å²) in [5, 5.41) is 1.92. The van der Waals surface area contributed by atoms with E-state index in [0.29, 0.717) is 16.7 Å². The van der Waals surface area contributed by atoms with Gasteiger partial charge in [0.25, 0.3) is 18.3 Å². The molecule has 2 unspecified atom stereocenters. The van der Waals surface area contributed by atoms with Crippen molar-refractivity contribution in [2.24, 2.45) is 0 Å². The molecule has 0 radical (unpaired) electrons. The third-order valence-corrected chi connectivity index (χ3v) is 8.13. The van der Waals surface area contributed by atoms with E-state index in [1.54, 1.807) is 30.3 Å². The Morgan fingerprint density at radius 3 is 1.95 bits per heavy atom. The van der Waals surface area contributed by atoms with Crippen molar-refractivity contribution in [3.05, 3.63) is 119 Å². The van der Waals surface area contributed by atoms with E-state index in [1.165, 1.54) is 18.9 Å². The number of β-lactam (4-membered cyclic amide) rings is 1. The zero-order valence-corrected chi connectivity index (χ0v) is 23.2. The average molecular weight is 587 g/mol. The van der Waals surface area contributed by atoms with E-state index < -0.39 is 47.4 Å². The lowest BCUT2D eigenvalue weighted by Gasteiger charge is -2.49. The van der Waals surface area contributed by atoms with E-state index in [2.05, 4.69) is 5.32 Å². The maximum atomic E-state index is 13.8. The van der Waals surface area contributed by atoms with Crippen molar-refractivity contribution in [2.45, 2.75) is 23.6 Å². The SMILES string of the molecule is COC(=O)C1=C(C(=O)OC(c2ccccc2)c2ccccc2)N2C(=O)C(NC(=O)C(OC=O)c3ccccc3)[C@@H]2SC1. The van der Waals surface area contributed by atoms with E-state index in [1.807, 2.05) is 60.7 Å². The number of nitrogens with one attached hydrogen (secondary N) is 1. The normalized spacial score (nSPS) is 18.3. The number of carbonyl (C=O) groups excluding carboxylic acids is 5. The van der Waals surface area contributed by atoms with Crippen LogP contribution in [0.1, 0.15) is 28.9 Å². The Hall–Kier alpha value is -4.90. The quantitative estimate of drug-likeness (QED) is 0.165. The first-order chi connectivity index (χ1) is 20.4. The molecule has 0 aliphatic carbocycles. The summed E-state index contributed by atoms with van der Waals surface area (Å²) in [6, 6.07) is 25.5. The van der Waals surface area contributed by atoms with Crippen LogP contribution in [-0.4, -0.2) is 59.4 Å². The molecule has 2 aliphatic heterocycles. The molecule has 3 atom stereocenters. The number of hydrogen-bond acceptors (Lipinski definition) is 9. The summed E-state index contributed by atoms with van der Waals surface area (Å²) in [4.78, 5) is 65.3. The van der Waals surface area contributed by atoms with Crippen LogP contribution >= 0.6 is 11.8 Å². The zero-order valence-electron chi connectivity index (χ0n) is 22.4. The van der Waals surface area contributed by atoms with Crippen molar-refractivity contribution in [1.29, 1.82) is 0 Å². The fourth-order valence-corrected chi connectivity index (χ4v) is 6.17. The number of fused-ring (bicyclic) bond motifs is 1. The Labute approximate surface area is 245 Å². The van der Waals surface area contributed by atoms with Gasteiger partial charge in [-0.2, -0.15) is 0 Å². The van der Waals surface area contributed by atoms with Gasteiger partial charge >= 0.3 is 11.9 Å². The largest absolute Gasteiger partial charge is 0.466 e. The number of carbonyl (C=O) groups is 5.